The molecule has 0 aliphatic carbocycles. The molecular weight excluding hydrogens is 192 g/mol. The molecular formula is C11H20N2O2. The van der Waals surface area contributed by atoms with E-state index < -0.39 is 0 Å². The van der Waals surface area contributed by atoms with Crippen LogP contribution in [0.3, 0.4) is 0 Å². The zero-order chi connectivity index (χ0) is 11.4. The lowest BCUT2D eigenvalue weighted by molar-refractivity contribution is -0.151. The molecule has 0 saturated carbocycles. The van der Waals surface area contributed by atoms with E-state index in [1.54, 1.807) is 9.80 Å². The Balaban J connectivity index is 2.74. The molecule has 0 radical (unpaired) electrons. The molecule has 2 amide bonds. The van der Waals surface area contributed by atoms with Gasteiger partial charge in [-0.05, 0) is 26.7 Å². The Morgan fingerprint density at radius 2 is 1.87 bits per heavy atom. The molecule has 0 spiro atoms. The Bertz CT molecular complexity index is 251. The predicted molar refractivity (Wildman–Crippen MR) is 58.3 cm³/mol. The molecule has 1 saturated heterocycles. The summed E-state index contributed by atoms with van der Waals surface area (Å²) >= 11 is 0. The topological polar surface area (TPSA) is 40.6 Å². The monoisotopic (exact) mass is 212 g/mol. The molecule has 15 heavy (non-hydrogen) atoms. The standard InChI is InChI=1S/C11H20N2O2/c1-4-6-12-7-5-8-13(9(2)3)11(15)10(12)14/h9H,4-8H2,1-3H3. The number of rotatable bonds is 3. The van der Waals surface area contributed by atoms with Crippen molar-refractivity contribution in [3.63, 3.8) is 0 Å². The summed E-state index contributed by atoms with van der Waals surface area (Å²) in [4.78, 5) is 26.9. The van der Waals surface area contributed by atoms with Crippen LogP contribution in [0, 0.1) is 0 Å². The Morgan fingerprint density at radius 3 is 2.40 bits per heavy atom. The normalized spacial score (nSPS) is 18.7. The first-order valence-corrected chi connectivity index (χ1v) is 5.67. The van der Waals surface area contributed by atoms with Gasteiger partial charge in [0, 0.05) is 25.7 Å². The van der Waals surface area contributed by atoms with Crippen molar-refractivity contribution in [1.82, 2.24) is 9.80 Å². The van der Waals surface area contributed by atoms with Crippen LogP contribution in [0.4, 0.5) is 0 Å². The number of amides is 2. The van der Waals surface area contributed by atoms with Crippen molar-refractivity contribution in [2.45, 2.75) is 39.7 Å². The molecule has 0 unspecified atom stereocenters. The fraction of sp³-hybridized carbons (Fsp3) is 0.818. The van der Waals surface area contributed by atoms with Gasteiger partial charge in [0.1, 0.15) is 0 Å². The van der Waals surface area contributed by atoms with Crippen molar-refractivity contribution < 1.29 is 9.59 Å². The van der Waals surface area contributed by atoms with Crippen LogP contribution in [0.1, 0.15) is 33.6 Å². The average Bonchev–Trinajstić information content (AvgIpc) is 2.31. The fourth-order valence-corrected chi connectivity index (χ4v) is 1.87. The van der Waals surface area contributed by atoms with Crippen molar-refractivity contribution in [2.75, 3.05) is 19.6 Å². The molecule has 4 heteroatoms. The summed E-state index contributed by atoms with van der Waals surface area (Å²) in [6.07, 6.45) is 1.79. The van der Waals surface area contributed by atoms with Crippen LogP contribution in [0.2, 0.25) is 0 Å². The van der Waals surface area contributed by atoms with Gasteiger partial charge in [-0.15, -0.1) is 0 Å². The minimum absolute atomic E-state index is 0.114. The highest BCUT2D eigenvalue weighted by molar-refractivity contribution is 6.35. The van der Waals surface area contributed by atoms with Gasteiger partial charge in [0.25, 0.3) is 0 Å². The minimum Gasteiger partial charge on any atom is -0.334 e. The zero-order valence-electron chi connectivity index (χ0n) is 9.82. The number of nitrogens with zero attached hydrogens (tertiary/aromatic N) is 2. The molecule has 1 aliphatic rings. The van der Waals surface area contributed by atoms with Gasteiger partial charge in [-0.25, -0.2) is 0 Å². The SMILES string of the molecule is CCCN1CCCN(C(C)C)C(=O)C1=O. The maximum atomic E-state index is 11.8. The summed E-state index contributed by atoms with van der Waals surface area (Å²) in [6.45, 7) is 8.00. The highest BCUT2D eigenvalue weighted by Gasteiger charge is 2.30. The molecule has 0 aromatic rings. The molecule has 4 nitrogen and oxygen atoms in total. The number of hydrogen-bond donors (Lipinski definition) is 0. The van der Waals surface area contributed by atoms with Gasteiger partial charge in [-0.2, -0.15) is 0 Å². The Hall–Kier alpha value is -1.06. The Kier molecular flexibility index (Phi) is 4.12. The van der Waals surface area contributed by atoms with Gasteiger partial charge in [0.05, 0.1) is 0 Å². The van der Waals surface area contributed by atoms with Crippen molar-refractivity contribution in [2.24, 2.45) is 0 Å². The van der Waals surface area contributed by atoms with Gasteiger partial charge in [-0.1, -0.05) is 6.92 Å². The van der Waals surface area contributed by atoms with Crippen LogP contribution in [-0.4, -0.2) is 47.3 Å². The summed E-state index contributed by atoms with van der Waals surface area (Å²) in [6, 6.07) is 0.114. The largest absolute Gasteiger partial charge is 0.334 e. The van der Waals surface area contributed by atoms with Crippen molar-refractivity contribution in [1.29, 1.82) is 0 Å². The molecule has 0 aromatic heterocycles. The number of carbonyl (C=O) groups is 2. The van der Waals surface area contributed by atoms with E-state index in [0.29, 0.717) is 19.6 Å². The van der Waals surface area contributed by atoms with Crippen molar-refractivity contribution >= 4 is 11.8 Å². The Labute approximate surface area is 91.2 Å². The van der Waals surface area contributed by atoms with E-state index in [1.165, 1.54) is 0 Å². The van der Waals surface area contributed by atoms with Crippen LogP contribution in [0.15, 0.2) is 0 Å². The molecule has 1 heterocycles. The number of hydrogen-bond acceptors (Lipinski definition) is 2. The van der Waals surface area contributed by atoms with Gasteiger partial charge >= 0.3 is 11.8 Å². The lowest BCUT2D eigenvalue weighted by Gasteiger charge is -2.24. The van der Waals surface area contributed by atoms with Gasteiger partial charge < -0.3 is 9.80 Å². The van der Waals surface area contributed by atoms with Crippen LogP contribution >= 0.6 is 0 Å². The molecule has 1 aliphatic heterocycles. The van der Waals surface area contributed by atoms with E-state index in [9.17, 15) is 9.59 Å². The third-order valence-electron chi connectivity index (χ3n) is 2.67. The van der Waals surface area contributed by atoms with E-state index in [2.05, 4.69) is 0 Å². The second-order valence-electron chi connectivity index (χ2n) is 4.24. The third-order valence-corrected chi connectivity index (χ3v) is 2.67. The first-order chi connectivity index (χ1) is 7.07. The molecule has 0 bridgehead atoms. The lowest BCUT2D eigenvalue weighted by atomic mass is 10.3. The summed E-state index contributed by atoms with van der Waals surface area (Å²) in [7, 11) is 0. The maximum absolute atomic E-state index is 11.8. The fourth-order valence-electron chi connectivity index (χ4n) is 1.87. The van der Waals surface area contributed by atoms with Crippen LogP contribution < -0.4 is 0 Å². The van der Waals surface area contributed by atoms with Crippen LogP contribution in [0.5, 0.6) is 0 Å². The first-order valence-electron chi connectivity index (χ1n) is 5.67. The van der Waals surface area contributed by atoms with Crippen LogP contribution in [-0.2, 0) is 9.59 Å². The van der Waals surface area contributed by atoms with Crippen LogP contribution in [0.25, 0.3) is 0 Å². The van der Waals surface area contributed by atoms with E-state index >= 15 is 0 Å². The van der Waals surface area contributed by atoms with Gasteiger partial charge in [0.2, 0.25) is 0 Å². The van der Waals surface area contributed by atoms with Gasteiger partial charge in [0.15, 0.2) is 0 Å². The first kappa shape index (κ1) is 12.0. The van der Waals surface area contributed by atoms with E-state index in [1.807, 2.05) is 20.8 Å². The lowest BCUT2D eigenvalue weighted by Crippen LogP contribution is -2.44. The minimum atomic E-state index is -0.337. The molecule has 0 N–H and O–H groups in total. The highest BCUT2D eigenvalue weighted by atomic mass is 16.2. The third kappa shape index (κ3) is 2.70. The highest BCUT2D eigenvalue weighted by Crippen LogP contribution is 2.09. The van der Waals surface area contributed by atoms with Crippen molar-refractivity contribution in [3.8, 4) is 0 Å². The molecule has 86 valence electrons. The average molecular weight is 212 g/mol. The second-order valence-corrected chi connectivity index (χ2v) is 4.24. The molecule has 1 fully saturated rings. The summed E-state index contributed by atoms with van der Waals surface area (Å²) in [5, 5.41) is 0. The zero-order valence-corrected chi connectivity index (χ0v) is 9.82. The molecule has 1 rings (SSSR count). The summed E-state index contributed by atoms with van der Waals surface area (Å²) < 4.78 is 0. The van der Waals surface area contributed by atoms with Crippen molar-refractivity contribution in [3.05, 3.63) is 0 Å². The molecule has 0 aromatic carbocycles. The smallest absolute Gasteiger partial charge is 0.312 e. The number of carbonyl (C=O) groups excluding carboxylic acids is 2. The predicted octanol–water partition coefficient (Wildman–Crippen LogP) is 0.866. The van der Waals surface area contributed by atoms with E-state index in [0.717, 1.165) is 12.8 Å². The summed E-state index contributed by atoms with van der Waals surface area (Å²) in [5.41, 5.74) is 0. The van der Waals surface area contributed by atoms with E-state index in [-0.39, 0.29) is 17.9 Å². The maximum Gasteiger partial charge on any atom is 0.312 e. The molecule has 0 atom stereocenters. The van der Waals surface area contributed by atoms with Gasteiger partial charge in [-0.3, -0.25) is 9.59 Å². The quantitative estimate of drug-likeness (QED) is 0.651. The Morgan fingerprint density at radius 1 is 1.20 bits per heavy atom. The van der Waals surface area contributed by atoms with E-state index in [4.69, 9.17) is 0 Å². The summed E-state index contributed by atoms with van der Waals surface area (Å²) in [5.74, 6) is -0.668. The second kappa shape index (κ2) is 5.14.